The van der Waals surface area contributed by atoms with Gasteiger partial charge in [0, 0.05) is 18.7 Å². The SMILES string of the molecule is CCOc1ccc(C(=O)N(CCC#N)CCc2ccccc2)cc1Br. The number of benzene rings is 2. The molecule has 2 aromatic rings. The lowest BCUT2D eigenvalue weighted by Crippen LogP contribution is -2.33. The number of halogens is 1. The Balaban J connectivity index is 2.11. The van der Waals surface area contributed by atoms with Gasteiger partial charge in [0.1, 0.15) is 5.75 Å². The highest BCUT2D eigenvalue weighted by Crippen LogP contribution is 2.26. The molecule has 0 spiro atoms. The van der Waals surface area contributed by atoms with Gasteiger partial charge in [-0.3, -0.25) is 4.79 Å². The number of ether oxygens (including phenoxy) is 1. The molecular formula is C20H21BrN2O2. The van der Waals surface area contributed by atoms with Gasteiger partial charge in [0.05, 0.1) is 23.6 Å². The molecule has 0 aliphatic carbocycles. The molecule has 4 nitrogen and oxygen atoms in total. The predicted molar refractivity (Wildman–Crippen MR) is 102 cm³/mol. The van der Waals surface area contributed by atoms with Crippen LogP contribution in [0.25, 0.3) is 0 Å². The Morgan fingerprint density at radius 3 is 2.60 bits per heavy atom. The summed E-state index contributed by atoms with van der Waals surface area (Å²) in [5.41, 5.74) is 1.76. The molecule has 5 heteroatoms. The van der Waals surface area contributed by atoms with E-state index in [4.69, 9.17) is 10.00 Å². The topological polar surface area (TPSA) is 53.3 Å². The fraction of sp³-hybridized carbons (Fsp3) is 0.300. The summed E-state index contributed by atoms with van der Waals surface area (Å²) in [5, 5.41) is 8.88. The van der Waals surface area contributed by atoms with Crippen molar-refractivity contribution in [2.24, 2.45) is 0 Å². The molecule has 0 aromatic heterocycles. The van der Waals surface area contributed by atoms with Gasteiger partial charge in [-0.15, -0.1) is 0 Å². The number of hydrogen-bond acceptors (Lipinski definition) is 3. The Kier molecular flexibility index (Phi) is 7.49. The molecule has 0 fully saturated rings. The van der Waals surface area contributed by atoms with Crippen molar-refractivity contribution in [2.75, 3.05) is 19.7 Å². The highest BCUT2D eigenvalue weighted by Gasteiger charge is 2.17. The maximum Gasteiger partial charge on any atom is 0.253 e. The van der Waals surface area contributed by atoms with Crippen LogP contribution >= 0.6 is 15.9 Å². The predicted octanol–water partition coefficient (Wildman–Crippen LogP) is 4.45. The average molecular weight is 401 g/mol. The molecule has 0 unspecified atom stereocenters. The van der Waals surface area contributed by atoms with Gasteiger partial charge < -0.3 is 9.64 Å². The van der Waals surface area contributed by atoms with E-state index in [0.29, 0.717) is 37.4 Å². The van der Waals surface area contributed by atoms with Gasteiger partial charge >= 0.3 is 0 Å². The van der Waals surface area contributed by atoms with E-state index >= 15 is 0 Å². The normalized spacial score (nSPS) is 10.1. The first kappa shape index (κ1) is 19.0. The van der Waals surface area contributed by atoms with E-state index in [-0.39, 0.29) is 5.91 Å². The zero-order valence-corrected chi connectivity index (χ0v) is 15.8. The first-order valence-electron chi connectivity index (χ1n) is 8.28. The Bertz CT molecular complexity index is 741. The summed E-state index contributed by atoms with van der Waals surface area (Å²) in [7, 11) is 0. The minimum Gasteiger partial charge on any atom is -0.493 e. The third-order valence-corrected chi connectivity index (χ3v) is 4.39. The second kappa shape index (κ2) is 9.85. The van der Waals surface area contributed by atoms with Crippen LogP contribution < -0.4 is 4.74 Å². The molecule has 0 radical (unpaired) electrons. The number of carbonyl (C=O) groups excluding carboxylic acids is 1. The third kappa shape index (κ3) is 5.61. The fourth-order valence-corrected chi connectivity index (χ4v) is 2.99. The van der Waals surface area contributed by atoms with Crippen molar-refractivity contribution in [1.29, 1.82) is 5.26 Å². The number of nitriles is 1. The van der Waals surface area contributed by atoms with Gasteiger partial charge in [-0.2, -0.15) is 5.26 Å². The van der Waals surface area contributed by atoms with E-state index in [9.17, 15) is 4.79 Å². The molecule has 1 amide bonds. The van der Waals surface area contributed by atoms with Crippen LogP contribution in [0.1, 0.15) is 29.3 Å². The molecule has 25 heavy (non-hydrogen) atoms. The molecule has 0 saturated heterocycles. The smallest absolute Gasteiger partial charge is 0.253 e. The number of rotatable bonds is 8. The van der Waals surface area contributed by atoms with Crippen molar-refractivity contribution in [3.05, 3.63) is 64.1 Å². The van der Waals surface area contributed by atoms with Crippen LogP contribution in [-0.4, -0.2) is 30.5 Å². The summed E-state index contributed by atoms with van der Waals surface area (Å²) < 4.78 is 6.24. The lowest BCUT2D eigenvalue weighted by atomic mass is 10.1. The van der Waals surface area contributed by atoms with Crippen molar-refractivity contribution < 1.29 is 9.53 Å². The van der Waals surface area contributed by atoms with Crippen LogP contribution in [0, 0.1) is 11.3 Å². The van der Waals surface area contributed by atoms with Gasteiger partial charge in [-0.05, 0) is 53.0 Å². The van der Waals surface area contributed by atoms with Crippen LogP contribution in [-0.2, 0) is 6.42 Å². The standard InChI is InChI=1S/C20H21BrN2O2/c1-2-25-19-10-9-17(15-18(19)21)20(24)23(13-6-12-22)14-11-16-7-4-3-5-8-16/h3-5,7-10,15H,2,6,11,13-14H2,1H3. The monoisotopic (exact) mass is 400 g/mol. The molecule has 130 valence electrons. The van der Waals surface area contributed by atoms with E-state index < -0.39 is 0 Å². The molecule has 0 aliphatic heterocycles. The molecule has 0 atom stereocenters. The average Bonchev–Trinajstić information content (AvgIpc) is 2.64. The third-order valence-electron chi connectivity index (χ3n) is 3.77. The number of hydrogen-bond donors (Lipinski definition) is 0. The lowest BCUT2D eigenvalue weighted by Gasteiger charge is -2.22. The number of nitrogens with zero attached hydrogens (tertiary/aromatic N) is 2. The second-order valence-electron chi connectivity index (χ2n) is 5.51. The summed E-state index contributed by atoms with van der Waals surface area (Å²) in [5.74, 6) is 0.641. The van der Waals surface area contributed by atoms with Crippen molar-refractivity contribution in [3.63, 3.8) is 0 Å². The largest absolute Gasteiger partial charge is 0.493 e. The van der Waals surface area contributed by atoms with Crippen LogP contribution in [0.4, 0.5) is 0 Å². The van der Waals surface area contributed by atoms with Crippen LogP contribution in [0.5, 0.6) is 5.75 Å². The molecule has 0 N–H and O–H groups in total. The summed E-state index contributed by atoms with van der Waals surface area (Å²) in [6, 6.07) is 17.5. The zero-order valence-electron chi connectivity index (χ0n) is 14.2. The van der Waals surface area contributed by atoms with E-state index in [2.05, 4.69) is 22.0 Å². The fourth-order valence-electron chi connectivity index (χ4n) is 2.50. The van der Waals surface area contributed by atoms with Gasteiger partial charge in [0.2, 0.25) is 0 Å². The number of carbonyl (C=O) groups is 1. The minimum absolute atomic E-state index is 0.0741. The van der Waals surface area contributed by atoms with Crippen LogP contribution in [0.2, 0.25) is 0 Å². The summed E-state index contributed by atoms with van der Waals surface area (Å²) in [6.07, 6.45) is 1.08. The summed E-state index contributed by atoms with van der Waals surface area (Å²) in [6.45, 7) is 3.48. The molecule has 0 aliphatic rings. The number of amides is 1. The Hall–Kier alpha value is -2.32. The Morgan fingerprint density at radius 1 is 1.20 bits per heavy atom. The van der Waals surface area contributed by atoms with Gasteiger partial charge in [0.25, 0.3) is 5.91 Å². The van der Waals surface area contributed by atoms with Gasteiger partial charge in [-0.25, -0.2) is 0 Å². The summed E-state index contributed by atoms with van der Waals surface area (Å²) >= 11 is 3.45. The summed E-state index contributed by atoms with van der Waals surface area (Å²) in [4.78, 5) is 14.6. The van der Waals surface area contributed by atoms with Crippen molar-refractivity contribution in [3.8, 4) is 11.8 Å². The molecular weight excluding hydrogens is 380 g/mol. The van der Waals surface area contributed by atoms with Crippen LogP contribution in [0.3, 0.4) is 0 Å². The molecule has 2 aromatic carbocycles. The Morgan fingerprint density at radius 2 is 1.96 bits per heavy atom. The maximum atomic E-state index is 12.8. The maximum absolute atomic E-state index is 12.8. The second-order valence-corrected chi connectivity index (χ2v) is 6.37. The van der Waals surface area contributed by atoms with Crippen molar-refractivity contribution >= 4 is 21.8 Å². The lowest BCUT2D eigenvalue weighted by molar-refractivity contribution is 0.0760. The van der Waals surface area contributed by atoms with Gasteiger partial charge in [-0.1, -0.05) is 30.3 Å². The highest BCUT2D eigenvalue weighted by molar-refractivity contribution is 9.10. The molecule has 2 rings (SSSR count). The van der Waals surface area contributed by atoms with Crippen LogP contribution in [0.15, 0.2) is 53.0 Å². The Labute approximate surface area is 157 Å². The highest BCUT2D eigenvalue weighted by atomic mass is 79.9. The van der Waals surface area contributed by atoms with Crippen molar-refractivity contribution in [2.45, 2.75) is 19.8 Å². The quantitative estimate of drug-likeness (QED) is 0.657. The van der Waals surface area contributed by atoms with E-state index in [1.165, 1.54) is 5.56 Å². The van der Waals surface area contributed by atoms with Gasteiger partial charge in [0.15, 0.2) is 0 Å². The minimum atomic E-state index is -0.0741. The zero-order chi connectivity index (χ0) is 18.1. The first-order valence-corrected chi connectivity index (χ1v) is 9.07. The first-order chi connectivity index (χ1) is 12.2. The molecule has 0 saturated carbocycles. The van der Waals surface area contributed by atoms with E-state index in [0.717, 1.165) is 10.9 Å². The van der Waals surface area contributed by atoms with E-state index in [1.54, 1.807) is 23.1 Å². The molecule has 0 bridgehead atoms. The van der Waals surface area contributed by atoms with E-state index in [1.807, 2.05) is 37.3 Å². The van der Waals surface area contributed by atoms with Crippen molar-refractivity contribution in [1.82, 2.24) is 4.90 Å². The molecule has 0 heterocycles.